The van der Waals surface area contributed by atoms with Crippen molar-refractivity contribution in [2.45, 2.75) is 13.5 Å². The van der Waals surface area contributed by atoms with E-state index in [0.717, 1.165) is 17.9 Å². The summed E-state index contributed by atoms with van der Waals surface area (Å²) in [6.07, 6.45) is 3.88. The van der Waals surface area contributed by atoms with Gasteiger partial charge in [-0.25, -0.2) is 0 Å². The number of aliphatic carboxylic acids is 1. The largest absolute Gasteiger partial charge is 0.493 e. The van der Waals surface area contributed by atoms with E-state index in [0.29, 0.717) is 8.83 Å². The molecule has 1 saturated heterocycles. The zero-order valence-corrected chi connectivity index (χ0v) is 14.1. The molecule has 114 valence electrons. The van der Waals surface area contributed by atoms with Crippen LogP contribution in [0.4, 0.5) is 0 Å². The van der Waals surface area contributed by atoms with Crippen LogP contribution in [-0.4, -0.2) is 45.0 Å². The third-order valence-electron chi connectivity index (χ3n) is 2.95. The predicted molar refractivity (Wildman–Crippen MR) is 89.3 cm³/mol. The molecule has 1 fully saturated rings. The van der Waals surface area contributed by atoms with E-state index in [9.17, 15) is 9.90 Å². The molecule has 1 aliphatic heterocycles. The van der Waals surface area contributed by atoms with Gasteiger partial charge < -0.3 is 15.1 Å². The van der Waals surface area contributed by atoms with Crippen LogP contribution in [0.3, 0.4) is 0 Å². The van der Waals surface area contributed by atoms with E-state index in [1.807, 2.05) is 20.0 Å². The summed E-state index contributed by atoms with van der Waals surface area (Å²) in [4.78, 5) is 13.5. The van der Waals surface area contributed by atoms with E-state index in [1.54, 1.807) is 11.8 Å². The highest BCUT2D eigenvalue weighted by Crippen LogP contribution is 2.31. The Morgan fingerprint density at radius 2 is 2.24 bits per heavy atom. The summed E-state index contributed by atoms with van der Waals surface area (Å²) in [5.74, 6) is -0.0375. The van der Waals surface area contributed by atoms with Gasteiger partial charge in [-0.2, -0.15) is 0 Å². The van der Waals surface area contributed by atoms with Crippen molar-refractivity contribution in [2.75, 3.05) is 19.3 Å². The normalized spacial score (nSPS) is 17.7. The Balaban J connectivity index is 2.28. The number of carbonyl (C=O) groups is 1. The molecule has 0 atom stereocenters. The molecule has 1 aromatic heterocycles. The fraction of sp³-hybridized carbons (Fsp3) is 0.385. The number of aromatic nitrogens is 1. The number of thiazole rings is 1. The van der Waals surface area contributed by atoms with E-state index >= 15 is 0 Å². The first-order valence-electron chi connectivity index (χ1n) is 6.27. The number of rotatable bonds is 4. The molecule has 0 bridgehead atoms. The first-order valence-corrected chi connectivity index (χ1v) is 8.48. The van der Waals surface area contributed by atoms with Gasteiger partial charge in [0.1, 0.15) is 6.54 Å². The van der Waals surface area contributed by atoms with E-state index < -0.39 is 5.97 Å². The van der Waals surface area contributed by atoms with E-state index in [-0.39, 0.29) is 12.4 Å². The van der Waals surface area contributed by atoms with Crippen molar-refractivity contribution >= 4 is 47.4 Å². The van der Waals surface area contributed by atoms with Crippen molar-refractivity contribution in [2.24, 2.45) is 0 Å². The first kappa shape index (κ1) is 16.1. The fourth-order valence-electron chi connectivity index (χ4n) is 1.89. The third-order valence-corrected chi connectivity index (χ3v) is 5.45. The number of carboxylic acid groups (broad SMARTS) is 1. The van der Waals surface area contributed by atoms with Crippen LogP contribution >= 0.6 is 35.3 Å². The molecule has 21 heavy (non-hydrogen) atoms. The van der Waals surface area contributed by atoms with Gasteiger partial charge in [0.25, 0.3) is 0 Å². The standard InChI is InChI=1S/C13H16N2O3S3/c1-8(6-10-14(2)3-4-20-10)5-9-12(18)15(7-11(16)17)13(19)21-9/h5-6,18H,3-4,7H2,1-2H3,(H,16,17)/b8-5?,10-6-. The van der Waals surface area contributed by atoms with Crippen LogP contribution in [-0.2, 0) is 11.3 Å². The SMILES string of the molecule is CC(=Cc1sc(=S)n(CC(=O)O)c1O)/C=C1\SCCN1C. The second-order valence-corrected chi connectivity index (χ2v) is 7.47. The molecule has 0 unspecified atom stereocenters. The van der Waals surface area contributed by atoms with Gasteiger partial charge in [0, 0.05) is 19.3 Å². The van der Waals surface area contributed by atoms with Gasteiger partial charge in [0.2, 0.25) is 5.88 Å². The minimum atomic E-state index is -1.03. The summed E-state index contributed by atoms with van der Waals surface area (Å²) in [7, 11) is 2.05. The number of hydrogen-bond acceptors (Lipinski definition) is 6. The number of hydrogen-bond donors (Lipinski definition) is 2. The predicted octanol–water partition coefficient (Wildman–Crippen LogP) is 2.99. The van der Waals surface area contributed by atoms with Crippen molar-refractivity contribution < 1.29 is 15.0 Å². The Kier molecular flexibility index (Phi) is 5.13. The second-order valence-electron chi connectivity index (χ2n) is 4.68. The van der Waals surface area contributed by atoms with Crippen LogP contribution in [0.2, 0.25) is 0 Å². The van der Waals surface area contributed by atoms with E-state index in [4.69, 9.17) is 17.3 Å². The maximum absolute atomic E-state index is 10.8. The zero-order chi connectivity index (χ0) is 15.6. The molecule has 0 radical (unpaired) electrons. The molecule has 0 aromatic carbocycles. The summed E-state index contributed by atoms with van der Waals surface area (Å²) in [6.45, 7) is 2.65. The minimum absolute atomic E-state index is 0.0856. The smallest absolute Gasteiger partial charge is 0.323 e. The lowest BCUT2D eigenvalue weighted by Gasteiger charge is -2.10. The molecule has 2 heterocycles. The van der Waals surface area contributed by atoms with Crippen molar-refractivity contribution in [3.8, 4) is 5.88 Å². The Hall–Kier alpha value is -1.25. The maximum Gasteiger partial charge on any atom is 0.323 e. The van der Waals surface area contributed by atoms with Crippen molar-refractivity contribution in [1.82, 2.24) is 9.47 Å². The van der Waals surface area contributed by atoms with Crippen molar-refractivity contribution in [3.63, 3.8) is 0 Å². The van der Waals surface area contributed by atoms with Gasteiger partial charge in [-0.15, -0.1) is 23.1 Å². The molecule has 2 N–H and O–H groups in total. The van der Waals surface area contributed by atoms with Gasteiger partial charge in [0.05, 0.1) is 9.91 Å². The molecule has 1 aliphatic rings. The molecule has 0 saturated carbocycles. The molecule has 0 aliphatic carbocycles. The third kappa shape index (κ3) is 3.90. The molecule has 0 spiro atoms. The second kappa shape index (κ2) is 6.67. The Morgan fingerprint density at radius 1 is 1.52 bits per heavy atom. The molecule has 0 amide bonds. The maximum atomic E-state index is 10.8. The van der Waals surface area contributed by atoms with Gasteiger partial charge in [-0.1, -0.05) is 0 Å². The van der Waals surface area contributed by atoms with Crippen LogP contribution in [0, 0.1) is 3.95 Å². The molecule has 1 aromatic rings. The molecule has 2 rings (SSSR count). The van der Waals surface area contributed by atoms with Crippen LogP contribution in [0.5, 0.6) is 5.88 Å². The van der Waals surface area contributed by atoms with E-state index in [2.05, 4.69) is 11.0 Å². The highest BCUT2D eigenvalue weighted by atomic mass is 32.2. The van der Waals surface area contributed by atoms with Crippen LogP contribution in [0.1, 0.15) is 11.8 Å². The highest BCUT2D eigenvalue weighted by molar-refractivity contribution is 8.03. The highest BCUT2D eigenvalue weighted by Gasteiger charge is 2.14. The lowest BCUT2D eigenvalue weighted by atomic mass is 10.2. The average molecular weight is 344 g/mol. The fourth-order valence-corrected chi connectivity index (χ4v) is 4.36. The summed E-state index contributed by atoms with van der Waals surface area (Å²) in [5.41, 5.74) is 0.986. The van der Waals surface area contributed by atoms with Crippen LogP contribution in [0.15, 0.2) is 16.7 Å². The Morgan fingerprint density at radius 3 is 2.81 bits per heavy atom. The number of nitrogens with zero attached hydrogens (tertiary/aromatic N) is 2. The van der Waals surface area contributed by atoms with Crippen LogP contribution in [0.25, 0.3) is 6.08 Å². The quantitative estimate of drug-likeness (QED) is 0.819. The van der Waals surface area contributed by atoms with Gasteiger partial charge >= 0.3 is 5.97 Å². The summed E-state index contributed by atoms with van der Waals surface area (Å²) in [6, 6.07) is 0. The first-order chi connectivity index (χ1) is 9.88. The van der Waals surface area contributed by atoms with Gasteiger partial charge in [-0.05, 0) is 36.9 Å². The van der Waals surface area contributed by atoms with Crippen LogP contribution < -0.4 is 0 Å². The Labute approximate surface area is 136 Å². The number of carboxylic acids is 1. The zero-order valence-electron chi connectivity index (χ0n) is 11.7. The van der Waals surface area contributed by atoms with E-state index in [1.165, 1.54) is 20.9 Å². The number of thioether (sulfide) groups is 1. The lowest BCUT2D eigenvalue weighted by Crippen LogP contribution is -2.10. The molecular formula is C13H16N2O3S3. The number of aromatic hydroxyl groups is 1. The van der Waals surface area contributed by atoms with Crippen molar-refractivity contribution in [1.29, 1.82) is 0 Å². The van der Waals surface area contributed by atoms with Crippen molar-refractivity contribution in [3.05, 3.63) is 25.5 Å². The topological polar surface area (TPSA) is 65.7 Å². The minimum Gasteiger partial charge on any atom is -0.493 e. The molecule has 8 heteroatoms. The van der Waals surface area contributed by atoms with Gasteiger partial charge in [-0.3, -0.25) is 9.36 Å². The monoisotopic (exact) mass is 344 g/mol. The lowest BCUT2D eigenvalue weighted by molar-refractivity contribution is -0.137. The summed E-state index contributed by atoms with van der Waals surface area (Å²) in [5, 5.41) is 20.1. The average Bonchev–Trinajstić information content (AvgIpc) is 2.89. The summed E-state index contributed by atoms with van der Waals surface area (Å²) < 4.78 is 1.58. The molecule has 5 nitrogen and oxygen atoms in total. The number of allylic oxidation sites excluding steroid dienone is 2. The Bertz CT molecular complexity index is 673. The van der Waals surface area contributed by atoms with Gasteiger partial charge in [0.15, 0.2) is 3.95 Å². The summed E-state index contributed by atoms with van der Waals surface area (Å²) >= 11 is 8.10. The molecular weight excluding hydrogens is 328 g/mol.